The number of rotatable bonds is 6. The molecule has 0 spiro atoms. The van der Waals surface area contributed by atoms with E-state index < -0.39 is 0 Å². The van der Waals surface area contributed by atoms with Gasteiger partial charge in [-0.15, -0.1) is 12.4 Å². The van der Waals surface area contributed by atoms with Crippen molar-refractivity contribution in [1.82, 2.24) is 10.2 Å². The molecule has 1 aliphatic rings. The first-order valence-corrected chi connectivity index (χ1v) is 6.80. The number of nitrogens with one attached hydrogen (secondary N) is 1. The molecule has 0 aliphatic carbocycles. The molecular weight excluding hydrogens is 260 g/mol. The largest absolute Gasteiger partial charge is 0.395 e. The Balaban J connectivity index is 0.00000180. The monoisotopic (exact) mass is 284 g/mol. The summed E-state index contributed by atoms with van der Waals surface area (Å²) in [5.74, 6) is 0. The molecule has 2 N–H and O–H groups in total. The molecular formula is C15H25ClN2O. The number of hydrogen-bond donors (Lipinski definition) is 2. The normalized spacial score (nSPS) is 22.5. The number of hydrogen-bond acceptors (Lipinski definition) is 3. The van der Waals surface area contributed by atoms with Gasteiger partial charge in [-0.25, -0.2) is 0 Å². The lowest BCUT2D eigenvalue weighted by Gasteiger charge is -2.31. The summed E-state index contributed by atoms with van der Waals surface area (Å²) in [7, 11) is 0. The number of aliphatic hydroxyl groups is 1. The summed E-state index contributed by atoms with van der Waals surface area (Å²) in [6.45, 7) is 7.51. The van der Waals surface area contributed by atoms with Crippen LogP contribution in [0.5, 0.6) is 0 Å². The third-order valence-corrected chi connectivity index (χ3v) is 3.73. The van der Waals surface area contributed by atoms with Gasteiger partial charge in [-0.05, 0) is 23.9 Å². The number of halogens is 1. The summed E-state index contributed by atoms with van der Waals surface area (Å²) in [5.41, 5.74) is 1.67. The molecule has 1 aliphatic heterocycles. The van der Waals surface area contributed by atoms with E-state index in [0.29, 0.717) is 5.41 Å². The maximum atomic E-state index is 9.22. The maximum Gasteiger partial charge on any atom is 0.0558 e. The number of aliphatic hydroxyl groups excluding tert-OH is 1. The molecule has 1 aromatic carbocycles. The van der Waals surface area contributed by atoms with Crippen LogP contribution in [0.25, 0.3) is 0 Å². The molecule has 0 bridgehead atoms. The average Bonchev–Trinajstić information content (AvgIpc) is 2.77. The lowest BCUT2D eigenvalue weighted by atomic mass is 9.89. The van der Waals surface area contributed by atoms with E-state index in [0.717, 1.165) is 32.7 Å². The van der Waals surface area contributed by atoms with Crippen molar-refractivity contribution in [2.45, 2.75) is 19.9 Å². The fourth-order valence-electron chi connectivity index (χ4n) is 2.74. The fraction of sp³-hybridized carbons (Fsp3) is 0.600. The Morgan fingerprint density at radius 2 is 2.05 bits per heavy atom. The van der Waals surface area contributed by atoms with Crippen molar-refractivity contribution in [3.63, 3.8) is 0 Å². The first-order valence-electron chi connectivity index (χ1n) is 6.80. The SMILES string of the molecule is CC1(CN(CCO)Cc2ccccc2)CCNC1.Cl. The average molecular weight is 285 g/mol. The molecule has 3 nitrogen and oxygen atoms in total. The van der Waals surface area contributed by atoms with E-state index in [4.69, 9.17) is 0 Å². The second kappa shape index (κ2) is 7.85. The first-order chi connectivity index (χ1) is 8.72. The van der Waals surface area contributed by atoms with E-state index in [2.05, 4.69) is 41.4 Å². The summed E-state index contributed by atoms with van der Waals surface area (Å²) < 4.78 is 0. The van der Waals surface area contributed by atoms with Crippen LogP contribution in [0.15, 0.2) is 30.3 Å². The van der Waals surface area contributed by atoms with Gasteiger partial charge in [0.25, 0.3) is 0 Å². The highest BCUT2D eigenvalue weighted by molar-refractivity contribution is 5.85. The van der Waals surface area contributed by atoms with E-state index >= 15 is 0 Å². The van der Waals surface area contributed by atoms with Crippen molar-refractivity contribution in [1.29, 1.82) is 0 Å². The van der Waals surface area contributed by atoms with Crippen molar-refractivity contribution in [3.05, 3.63) is 35.9 Å². The molecule has 0 saturated carbocycles. The zero-order valence-corrected chi connectivity index (χ0v) is 12.5. The van der Waals surface area contributed by atoms with Crippen LogP contribution >= 0.6 is 12.4 Å². The number of nitrogens with zero attached hydrogens (tertiary/aromatic N) is 1. The van der Waals surface area contributed by atoms with Crippen LogP contribution < -0.4 is 5.32 Å². The maximum absolute atomic E-state index is 9.22. The minimum absolute atomic E-state index is 0. The molecule has 108 valence electrons. The molecule has 1 unspecified atom stereocenters. The smallest absolute Gasteiger partial charge is 0.0558 e. The summed E-state index contributed by atoms with van der Waals surface area (Å²) in [5, 5.41) is 12.7. The van der Waals surface area contributed by atoms with Gasteiger partial charge in [0.2, 0.25) is 0 Å². The Bertz CT molecular complexity index is 352. The van der Waals surface area contributed by atoms with Gasteiger partial charge in [0.1, 0.15) is 0 Å². The van der Waals surface area contributed by atoms with E-state index in [9.17, 15) is 5.11 Å². The van der Waals surface area contributed by atoms with Gasteiger partial charge >= 0.3 is 0 Å². The molecule has 4 heteroatoms. The van der Waals surface area contributed by atoms with E-state index in [1.807, 2.05) is 6.07 Å². The molecule has 1 aromatic rings. The molecule has 1 saturated heterocycles. The highest BCUT2D eigenvalue weighted by atomic mass is 35.5. The Morgan fingerprint density at radius 3 is 2.63 bits per heavy atom. The Hall–Kier alpha value is -0.610. The molecule has 1 fully saturated rings. The first kappa shape index (κ1) is 16.4. The molecule has 1 atom stereocenters. The fourth-order valence-corrected chi connectivity index (χ4v) is 2.74. The minimum Gasteiger partial charge on any atom is -0.395 e. The topological polar surface area (TPSA) is 35.5 Å². The molecule has 0 radical (unpaired) electrons. The van der Waals surface area contributed by atoms with Crippen LogP contribution in [0.1, 0.15) is 18.9 Å². The third-order valence-electron chi connectivity index (χ3n) is 3.73. The van der Waals surface area contributed by atoms with Gasteiger partial charge in [0.15, 0.2) is 0 Å². The van der Waals surface area contributed by atoms with Gasteiger partial charge in [-0.1, -0.05) is 37.3 Å². The van der Waals surface area contributed by atoms with Crippen molar-refractivity contribution >= 4 is 12.4 Å². The van der Waals surface area contributed by atoms with Crippen molar-refractivity contribution in [2.24, 2.45) is 5.41 Å². The van der Waals surface area contributed by atoms with Gasteiger partial charge < -0.3 is 10.4 Å². The van der Waals surface area contributed by atoms with Crippen LogP contribution in [-0.2, 0) is 6.54 Å². The van der Waals surface area contributed by atoms with E-state index in [1.54, 1.807) is 0 Å². The van der Waals surface area contributed by atoms with Crippen LogP contribution in [0.3, 0.4) is 0 Å². The number of benzene rings is 1. The predicted octanol–water partition coefficient (Wildman–Crippen LogP) is 1.90. The van der Waals surface area contributed by atoms with Gasteiger partial charge in [0, 0.05) is 26.2 Å². The summed E-state index contributed by atoms with van der Waals surface area (Å²) >= 11 is 0. The van der Waals surface area contributed by atoms with E-state index in [-0.39, 0.29) is 19.0 Å². The zero-order chi connectivity index (χ0) is 12.8. The van der Waals surface area contributed by atoms with Gasteiger partial charge in [-0.3, -0.25) is 4.90 Å². The van der Waals surface area contributed by atoms with E-state index in [1.165, 1.54) is 12.0 Å². The summed E-state index contributed by atoms with van der Waals surface area (Å²) in [6, 6.07) is 10.5. The van der Waals surface area contributed by atoms with Crippen LogP contribution in [0.4, 0.5) is 0 Å². The quantitative estimate of drug-likeness (QED) is 0.838. The van der Waals surface area contributed by atoms with Gasteiger partial charge in [0.05, 0.1) is 6.61 Å². The van der Waals surface area contributed by atoms with Gasteiger partial charge in [-0.2, -0.15) is 0 Å². The summed E-state index contributed by atoms with van der Waals surface area (Å²) in [4.78, 5) is 2.36. The Labute approximate surface area is 122 Å². The van der Waals surface area contributed by atoms with Crippen molar-refractivity contribution in [3.8, 4) is 0 Å². The molecule has 2 rings (SSSR count). The highest BCUT2D eigenvalue weighted by Crippen LogP contribution is 2.26. The standard InChI is InChI=1S/C15H24N2O.ClH/c1-15(7-8-16-12-15)13-17(9-10-18)11-14-5-3-2-4-6-14;/h2-6,16,18H,7-13H2,1H3;1H. The zero-order valence-electron chi connectivity index (χ0n) is 11.6. The van der Waals surface area contributed by atoms with Crippen LogP contribution in [0.2, 0.25) is 0 Å². The minimum atomic E-state index is 0. The second-order valence-electron chi connectivity index (χ2n) is 5.66. The molecule has 19 heavy (non-hydrogen) atoms. The predicted molar refractivity (Wildman–Crippen MR) is 81.6 cm³/mol. The molecule has 0 aromatic heterocycles. The third kappa shape index (κ3) is 5.11. The summed E-state index contributed by atoms with van der Waals surface area (Å²) in [6.07, 6.45) is 1.23. The lowest BCUT2D eigenvalue weighted by molar-refractivity contribution is 0.138. The van der Waals surface area contributed by atoms with Crippen molar-refractivity contribution in [2.75, 3.05) is 32.8 Å². The molecule has 0 amide bonds. The van der Waals surface area contributed by atoms with Crippen LogP contribution in [-0.4, -0.2) is 42.8 Å². The van der Waals surface area contributed by atoms with Crippen LogP contribution in [0, 0.1) is 5.41 Å². The Morgan fingerprint density at radius 1 is 1.32 bits per heavy atom. The highest BCUT2D eigenvalue weighted by Gasteiger charge is 2.30. The second-order valence-corrected chi connectivity index (χ2v) is 5.66. The molecule has 1 heterocycles. The Kier molecular flexibility index (Phi) is 6.80. The lowest BCUT2D eigenvalue weighted by Crippen LogP contribution is -2.38. The van der Waals surface area contributed by atoms with Crippen molar-refractivity contribution < 1.29 is 5.11 Å².